The summed E-state index contributed by atoms with van der Waals surface area (Å²) < 4.78 is 59.0. The van der Waals surface area contributed by atoms with Gasteiger partial charge in [0.2, 0.25) is 0 Å². The highest BCUT2D eigenvalue weighted by Gasteiger charge is 2.25. The molecule has 0 atom stereocenters. The molecule has 0 aliphatic carbocycles. The van der Waals surface area contributed by atoms with E-state index in [1.165, 1.54) is 55.5 Å². The molecule has 0 spiro atoms. The van der Waals surface area contributed by atoms with E-state index in [2.05, 4.69) is 9.82 Å². The fraction of sp³-hybridized carbons (Fsp3) is 0.261. The molecule has 2 aromatic carbocycles. The van der Waals surface area contributed by atoms with E-state index in [4.69, 9.17) is 4.74 Å². The van der Waals surface area contributed by atoms with Gasteiger partial charge in [-0.25, -0.2) is 26.4 Å². The van der Waals surface area contributed by atoms with Crippen LogP contribution in [0.2, 0.25) is 0 Å². The Morgan fingerprint density at radius 2 is 1.67 bits per heavy atom. The summed E-state index contributed by atoms with van der Waals surface area (Å²) in [6.07, 6.45) is 1.33. The summed E-state index contributed by atoms with van der Waals surface area (Å²) in [7, 11) is -8.18. The molecule has 0 saturated carbocycles. The van der Waals surface area contributed by atoms with Crippen molar-refractivity contribution in [2.75, 3.05) is 11.0 Å². The zero-order chi connectivity index (χ0) is 27.1. The molecule has 0 amide bonds. The highest BCUT2D eigenvalue weighted by molar-refractivity contribution is 7.95. The molecular formula is C23H25N3O8S2. The molecule has 13 heteroatoms. The van der Waals surface area contributed by atoms with Gasteiger partial charge < -0.3 is 9.84 Å². The van der Waals surface area contributed by atoms with Gasteiger partial charge in [0, 0.05) is 22.9 Å². The maximum Gasteiger partial charge on any atom is 0.435 e. The number of sulfonamides is 1. The number of sulfone groups is 1. The van der Waals surface area contributed by atoms with Crippen LogP contribution in [0.25, 0.3) is 17.0 Å². The van der Waals surface area contributed by atoms with E-state index in [1.54, 1.807) is 20.8 Å². The van der Waals surface area contributed by atoms with E-state index in [9.17, 15) is 31.5 Å². The molecule has 0 fully saturated rings. The van der Waals surface area contributed by atoms with Gasteiger partial charge in [-0.15, -0.1) is 0 Å². The molecule has 1 aromatic heterocycles. The van der Waals surface area contributed by atoms with Gasteiger partial charge in [-0.2, -0.15) is 9.78 Å². The smallest absolute Gasteiger partial charge is 0.435 e. The second-order valence-electron chi connectivity index (χ2n) is 8.97. The third-order valence-corrected chi connectivity index (χ3v) is 7.48. The van der Waals surface area contributed by atoms with Gasteiger partial charge in [-0.05, 0) is 64.1 Å². The van der Waals surface area contributed by atoms with E-state index in [1.807, 2.05) is 0 Å². The van der Waals surface area contributed by atoms with Crippen LogP contribution in [-0.4, -0.2) is 55.6 Å². The van der Waals surface area contributed by atoms with Crippen molar-refractivity contribution < 1.29 is 36.3 Å². The number of carboxylic acids is 1. The number of aromatic nitrogens is 2. The number of anilines is 1. The van der Waals surface area contributed by atoms with Crippen molar-refractivity contribution in [3.05, 3.63) is 53.7 Å². The molecule has 36 heavy (non-hydrogen) atoms. The van der Waals surface area contributed by atoms with Gasteiger partial charge in [0.25, 0.3) is 10.0 Å². The number of carbonyl (C=O) groups excluding carboxylic acids is 1. The Hall–Kier alpha value is -3.71. The van der Waals surface area contributed by atoms with Crippen LogP contribution in [0.4, 0.5) is 10.5 Å². The minimum Gasteiger partial charge on any atom is -0.478 e. The predicted molar refractivity (Wildman–Crippen MR) is 133 cm³/mol. The number of rotatable bonds is 6. The normalized spacial score (nSPS) is 13.0. The first-order valence-electron chi connectivity index (χ1n) is 10.5. The van der Waals surface area contributed by atoms with Gasteiger partial charge in [-0.3, -0.25) is 4.72 Å². The van der Waals surface area contributed by atoms with Gasteiger partial charge in [0.1, 0.15) is 10.5 Å². The highest BCUT2D eigenvalue weighted by atomic mass is 32.2. The number of hydrogen-bond acceptors (Lipinski definition) is 8. The maximum absolute atomic E-state index is 13.1. The van der Waals surface area contributed by atoms with Crippen LogP contribution in [0.5, 0.6) is 0 Å². The molecule has 0 aliphatic heterocycles. The van der Waals surface area contributed by atoms with Crippen LogP contribution in [0.1, 0.15) is 33.4 Å². The third-order valence-electron chi connectivity index (χ3n) is 4.76. The summed E-state index contributed by atoms with van der Waals surface area (Å²) in [6.45, 7) is 6.36. The Bertz CT molecular complexity index is 1610. The molecule has 0 unspecified atom stereocenters. The lowest BCUT2D eigenvalue weighted by atomic mass is 10.1. The van der Waals surface area contributed by atoms with Crippen LogP contribution in [0.15, 0.2) is 57.8 Å². The molecular weight excluding hydrogens is 510 g/mol. The molecule has 192 valence electrons. The first kappa shape index (κ1) is 26.9. The second-order valence-corrected chi connectivity index (χ2v) is 12.6. The molecule has 3 aromatic rings. The quantitative estimate of drug-likeness (QED) is 0.450. The minimum atomic E-state index is -4.34. The number of nitrogens with zero attached hydrogens (tertiary/aromatic N) is 2. The van der Waals surface area contributed by atoms with Crippen molar-refractivity contribution in [3.8, 4) is 0 Å². The maximum atomic E-state index is 13.1. The highest BCUT2D eigenvalue weighted by Crippen LogP contribution is 2.28. The Balaban J connectivity index is 2.15. The molecule has 11 nitrogen and oxygen atoms in total. The molecule has 0 bridgehead atoms. The van der Waals surface area contributed by atoms with Crippen molar-refractivity contribution in [3.63, 3.8) is 0 Å². The number of fused-ring (bicyclic) bond motifs is 1. The standard InChI is InChI=1S/C23H25N3O8S2/c1-14(21(27)28)12-17-16-13-15(10-11-18(16)26(24-17)22(29)34-23(2,3)4)25-36(32,33)20-9-7-6-8-19(20)35(5,30)31/h6-13,25H,1-5H3,(H,27,28)/b14-12+. The summed E-state index contributed by atoms with van der Waals surface area (Å²) in [5, 5.41) is 13.7. The molecule has 0 radical (unpaired) electrons. The number of carbonyl (C=O) groups is 2. The summed E-state index contributed by atoms with van der Waals surface area (Å²) in [5.41, 5.74) is -0.525. The van der Waals surface area contributed by atoms with E-state index in [-0.39, 0.29) is 32.8 Å². The van der Waals surface area contributed by atoms with Crippen molar-refractivity contribution in [2.45, 2.75) is 43.1 Å². The number of benzene rings is 2. The number of ether oxygens (including phenoxy) is 1. The Kier molecular flexibility index (Phi) is 7.01. The van der Waals surface area contributed by atoms with Crippen LogP contribution >= 0.6 is 0 Å². The van der Waals surface area contributed by atoms with Crippen LogP contribution < -0.4 is 4.72 Å². The topological polar surface area (TPSA) is 162 Å². The number of nitrogens with one attached hydrogen (secondary N) is 1. The van der Waals surface area contributed by atoms with Gasteiger partial charge in [-0.1, -0.05) is 12.1 Å². The lowest BCUT2D eigenvalue weighted by Crippen LogP contribution is -2.27. The van der Waals surface area contributed by atoms with Crippen LogP contribution in [-0.2, 0) is 29.4 Å². The van der Waals surface area contributed by atoms with Crippen LogP contribution in [0.3, 0.4) is 0 Å². The molecule has 0 aliphatic rings. The number of hydrogen-bond donors (Lipinski definition) is 2. The van der Waals surface area contributed by atoms with Gasteiger partial charge in [0.05, 0.1) is 16.1 Å². The van der Waals surface area contributed by atoms with E-state index >= 15 is 0 Å². The Morgan fingerprint density at radius 3 is 2.22 bits per heavy atom. The number of aliphatic carboxylic acids is 1. The minimum absolute atomic E-state index is 0.0390. The largest absolute Gasteiger partial charge is 0.478 e. The number of carboxylic acid groups (broad SMARTS) is 1. The fourth-order valence-electron chi connectivity index (χ4n) is 3.21. The van der Waals surface area contributed by atoms with Crippen molar-refractivity contribution >= 4 is 54.6 Å². The zero-order valence-corrected chi connectivity index (χ0v) is 21.8. The van der Waals surface area contributed by atoms with Crippen molar-refractivity contribution in [2.24, 2.45) is 0 Å². The monoisotopic (exact) mass is 535 g/mol. The van der Waals surface area contributed by atoms with E-state index in [0.717, 1.165) is 10.9 Å². The molecule has 0 saturated heterocycles. The van der Waals surface area contributed by atoms with E-state index < -0.39 is 42.4 Å². The average Bonchev–Trinajstić information content (AvgIpc) is 3.09. The lowest BCUT2D eigenvalue weighted by molar-refractivity contribution is -0.132. The van der Waals surface area contributed by atoms with Crippen molar-refractivity contribution in [1.82, 2.24) is 9.78 Å². The second kappa shape index (κ2) is 9.39. The Morgan fingerprint density at radius 1 is 1.06 bits per heavy atom. The summed E-state index contributed by atoms with van der Waals surface area (Å²) >= 11 is 0. The SMILES string of the molecule is C/C(=C\c1nn(C(=O)OC(C)(C)C)c2ccc(NS(=O)(=O)c3ccccc3S(C)(=O)=O)cc12)C(=O)O. The molecule has 1 heterocycles. The van der Waals surface area contributed by atoms with Crippen molar-refractivity contribution in [1.29, 1.82) is 0 Å². The van der Waals surface area contributed by atoms with E-state index in [0.29, 0.717) is 0 Å². The summed E-state index contributed by atoms with van der Waals surface area (Å²) in [6, 6.07) is 9.32. The lowest BCUT2D eigenvalue weighted by Gasteiger charge is -2.19. The zero-order valence-electron chi connectivity index (χ0n) is 20.1. The predicted octanol–water partition coefficient (Wildman–Crippen LogP) is 3.51. The first-order valence-corrected chi connectivity index (χ1v) is 13.9. The summed E-state index contributed by atoms with van der Waals surface area (Å²) in [4.78, 5) is 23.3. The third kappa shape index (κ3) is 5.91. The van der Waals surface area contributed by atoms with Gasteiger partial charge in [0.15, 0.2) is 9.84 Å². The summed E-state index contributed by atoms with van der Waals surface area (Å²) in [5.74, 6) is -1.20. The fourth-order valence-corrected chi connectivity index (χ4v) is 5.89. The van der Waals surface area contributed by atoms with Crippen LogP contribution in [0, 0.1) is 0 Å². The molecule has 3 rings (SSSR count). The molecule has 2 N–H and O–H groups in total. The average molecular weight is 536 g/mol. The first-order chi connectivity index (χ1) is 16.5. The Labute approximate surface area is 208 Å². The van der Waals surface area contributed by atoms with Gasteiger partial charge >= 0.3 is 12.1 Å².